The number of anilines is 1. The van der Waals surface area contributed by atoms with E-state index in [4.69, 9.17) is 14.2 Å². The van der Waals surface area contributed by atoms with Crippen molar-refractivity contribution in [1.82, 2.24) is 10.7 Å². The van der Waals surface area contributed by atoms with Gasteiger partial charge in [0.2, 0.25) is 0 Å². The first-order valence-corrected chi connectivity index (χ1v) is 10.9. The van der Waals surface area contributed by atoms with Crippen LogP contribution >= 0.6 is 0 Å². The maximum absolute atomic E-state index is 12.1. The van der Waals surface area contributed by atoms with E-state index >= 15 is 0 Å². The summed E-state index contributed by atoms with van der Waals surface area (Å²) in [5, 5.41) is 9.04. The summed E-state index contributed by atoms with van der Waals surface area (Å²) < 4.78 is 16.0. The van der Waals surface area contributed by atoms with Crippen LogP contribution in [-0.2, 0) is 20.9 Å². The van der Waals surface area contributed by atoms with Crippen LogP contribution in [0.5, 0.6) is 17.2 Å². The van der Waals surface area contributed by atoms with Crippen molar-refractivity contribution >= 4 is 29.6 Å². The predicted molar refractivity (Wildman–Crippen MR) is 134 cm³/mol. The fraction of sp³-hybridized carbons (Fsp3) is 0.154. The summed E-state index contributed by atoms with van der Waals surface area (Å²) >= 11 is 0. The van der Waals surface area contributed by atoms with E-state index in [1.165, 1.54) is 20.4 Å². The van der Waals surface area contributed by atoms with E-state index in [0.29, 0.717) is 35.0 Å². The summed E-state index contributed by atoms with van der Waals surface area (Å²) in [6, 6.07) is 21.1. The van der Waals surface area contributed by atoms with Crippen LogP contribution in [0.1, 0.15) is 11.1 Å². The third kappa shape index (κ3) is 7.59. The summed E-state index contributed by atoms with van der Waals surface area (Å²) in [6.07, 6.45) is 1.34. The van der Waals surface area contributed by atoms with Gasteiger partial charge in [-0.3, -0.25) is 14.4 Å². The Labute approximate surface area is 208 Å². The number of ether oxygens (including phenoxy) is 3. The minimum absolute atomic E-state index is 0.187. The highest BCUT2D eigenvalue weighted by Gasteiger charge is 2.15. The van der Waals surface area contributed by atoms with Crippen LogP contribution < -0.4 is 30.3 Å². The van der Waals surface area contributed by atoms with Gasteiger partial charge in [0.15, 0.2) is 18.1 Å². The Bertz CT molecular complexity index is 1230. The van der Waals surface area contributed by atoms with Crippen molar-refractivity contribution in [1.29, 1.82) is 0 Å². The lowest BCUT2D eigenvalue weighted by atomic mass is 10.2. The van der Waals surface area contributed by atoms with Gasteiger partial charge in [-0.15, -0.1) is 0 Å². The molecule has 0 heterocycles. The zero-order valence-electron chi connectivity index (χ0n) is 19.8. The van der Waals surface area contributed by atoms with Crippen molar-refractivity contribution in [2.24, 2.45) is 5.10 Å². The largest absolute Gasteiger partial charge is 0.495 e. The SMILES string of the molecule is COc1ccccc1NC(=O)C(=O)N/N=C\c1ccc(OCC(=O)NCc2ccccc2)c(OC)c1. The van der Waals surface area contributed by atoms with Crippen molar-refractivity contribution in [2.45, 2.75) is 6.54 Å². The molecule has 3 aromatic rings. The number of hydrazone groups is 1. The van der Waals surface area contributed by atoms with Gasteiger partial charge in [0.1, 0.15) is 5.75 Å². The number of para-hydroxylation sites is 2. The third-order valence-corrected chi connectivity index (χ3v) is 4.82. The third-order valence-electron chi connectivity index (χ3n) is 4.82. The molecule has 0 spiro atoms. The second-order valence-electron chi connectivity index (χ2n) is 7.31. The Hall–Kier alpha value is -4.86. The topological polar surface area (TPSA) is 127 Å². The molecule has 0 aliphatic heterocycles. The van der Waals surface area contributed by atoms with Gasteiger partial charge in [0.25, 0.3) is 5.91 Å². The number of nitrogens with one attached hydrogen (secondary N) is 3. The van der Waals surface area contributed by atoms with E-state index in [-0.39, 0.29) is 12.5 Å². The van der Waals surface area contributed by atoms with Crippen LogP contribution in [0.25, 0.3) is 0 Å². The maximum Gasteiger partial charge on any atom is 0.329 e. The monoisotopic (exact) mass is 490 g/mol. The standard InChI is InChI=1S/C26H26N4O6/c1-34-21-11-7-6-10-20(21)29-25(32)26(33)30-28-16-19-12-13-22(23(14-19)35-2)36-17-24(31)27-15-18-8-4-3-5-9-18/h3-14,16H,15,17H2,1-2H3,(H,27,31)(H,29,32)(H,30,33)/b28-16-. The maximum atomic E-state index is 12.1. The number of rotatable bonds is 10. The van der Waals surface area contributed by atoms with Crippen LogP contribution in [0.15, 0.2) is 77.9 Å². The number of benzene rings is 3. The van der Waals surface area contributed by atoms with Gasteiger partial charge in [0.05, 0.1) is 26.1 Å². The molecule has 0 unspecified atom stereocenters. The molecule has 3 amide bonds. The zero-order valence-corrected chi connectivity index (χ0v) is 19.8. The van der Waals surface area contributed by atoms with Crippen LogP contribution in [0.3, 0.4) is 0 Å². The highest BCUT2D eigenvalue weighted by molar-refractivity contribution is 6.39. The summed E-state index contributed by atoms with van der Waals surface area (Å²) in [5.74, 6) is -0.972. The Morgan fingerprint density at radius 3 is 2.31 bits per heavy atom. The summed E-state index contributed by atoms with van der Waals surface area (Å²) in [7, 11) is 2.92. The van der Waals surface area contributed by atoms with Gasteiger partial charge in [-0.05, 0) is 41.5 Å². The lowest BCUT2D eigenvalue weighted by Gasteiger charge is -2.11. The van der Waals surface area contributed by atoms with Gasteiger partial charge in [0, 0.05) is 6.54 Å². The second-order valence-corrected chi connectivity index (χ2v) is 7.31. The molecular formula is C26H26N4O6. The van der Waals surface area contributed by atoms with E-state index in [0.717, 1.165) is 5.56 Å². The average Bonchev–Trinajstić information content (AvgIpc) is 2.91. The quantitative estimate of drug-likeness (QED) is 0.228. The number of carbonyl (C=O) groups excluding carboxylic acids is 3. The van der Waals surface area contributed by atoms with Crippen LogP contribution in [-0.4, -0.2) is 44.8 Å². The lowest BCUT2D eigenvalue weighted by Crippen LogP contribution is -2.32. The zero-order chi connectivity index (χ0) is 25.8. The first kappa shape index (κ1) is 25.8. The molecular weight excluding hydrogens is 464 g/mol. The Kier molecular flexibility index (Phi) is 9.40. The van der Waals surface area contributed by atoms with Gasteiger partial charge in [-0.2, -0.15) is 5.10 Å². The van der Waals surface area contributed by atoms with E-state index in [1.807, 2.05) is 30.3 Å². The van der Waals surface area contributed by atoms with Crippen molar-refractivity contribution in [3.05, 3.63) is 83.9 Å². The van der Waals surface area contributed by atoms with Crippen molar-refractivity contribution in [2.75, 3.05) is 26.1 Å². The van der Waals surface area contributed by atoms with Crippen LogP contribution in [0.4, 0.5) is 5.69 Å². The summed E-state index contributed by atoms with van der Waals surface area (Å²) in [6.45, 7) is 0.214. The fourth-order valence-corrected chi connectivity index (χ4v) is 3.02. The van der Waals surface area contributed by atoms with Crippen LogP contribution in [0.2, 0.25) is 0 Å². The molecule has 3 N–H and O–H groups in total. The number of amides is 3. The molecule has 3 rings (SSSR count). The molecule has 186 valence electrons. The first-order valence-electron chi connectivity index (χ1n) is 10.9. The molecule has 10 heteroatoms. The van der Waals surface area contributed by atoms with E-state index in [9.17, 15) is 14.4 Å². The molecule has 0 bridgehead atoms. The minimum atomic E-state index is -0.953. The smallest absolute Gasteiger partial charge is 0.329 e. The molecule has 0 aliphatic rings. The number of methoxy groups -OCH3 is 2. The molecule has 0 aromatic heterocycles. The number of nitrogens with zero attached hydrogens (tertiary/aromatic N) is 1. The molecule has 0 aliphatic carbocycles. The second kappa shape index (κ2) is 13.1. The Morgan fingerprint density at radius 1 is 0.833 bits per heavy atom. The van der Waals surface area contributed by atoms with Crippen molar-refractivity contribution in [3.8, 4) is 17.2 Å². The number of hydrogen-bond acceptors (Lipinski definition) is 7. The van der Waals surface area contributed by atoms with Crippen molar-refractivity contribution < 1.29 is 28.6 Å². The van der Waals surface area contributed by atoms with Gasteiger partial charge < -0.3 is 24.8 Å². The minimum Gasteiger partial charge on any atom is -0.495 e. The summed E-state index contributed by atoms with van der Waals surface area (Å²) in [5.41, 5.74) is 4.07. The molecule has 0 atom stereocenters. The first-order chi connectivity index (χ1) is 17.5. The van der Waals surface area contributed by atoms with Crippen LogP contribution in [0, 0.1) is 0 Å². The lowest BCUT2D eigenvalue weighted by molar-refractivity contribution is -0.136. The molecule has 0 fully saturated rings. The fourth-order valence-electron chi connectivity index (χ4n) is 3.02. The number of hydrogen-bond donors (Lipinski definition) is 3. The van der Waals surface area contributed by atoms with E-state index < -0.39 is 11.8 Å². The molecule has 3 aromatic carbocycles. The molecule has 0 saturated heterocycles. The molecule has 0 radical (unpaired) electrons. The van der Waals surface area contributed by atoms with Gasteiger partial charge >= 0.3 is 11.8 Å². The predicted octanol–water partition coefficient (Wildman–Crippen LogP) is 2.49. The highest BCUT2D eigenvalue weighted by Crippen LogP contribution is 2.27. The van der Waals surface area contributed by atoms with Crippen molar-refractivity contribution in [3.63, 3.8) is 0 Å². The Balaban J connectivity index is 1.50. The molecule has 0 saturated carbocycles. The van der Waals surface area contributed by atoms with E-state index in [1.54, 1.807) is 42.5 Å². The van der Waals surface area contributed by atoms with Gasteiger partial charge in [-0.25, -0.2) is 5.43 Å². The average molecular weight is 491 g/mol. The number of carbonyl (C=O) groups is 3. The Morgan fingerprint density at radius 2 is 1.56 bits per heavy atom. The van der Waals surface area contributed by atoms with Gasteiger partial charge in [-0.1, -0.05) is 42.5 Å². The molecule has 36 heavy (non-hydrogen) atoms. The molecule has 10 nitrogen and oxygen atoms in total. The highest BCUT2D eigenvalue weighted by atomic mass is 16.5. The van der Waals surface area contributed by atoms with E-state index in [2.05, 4.69) is 21.2 Å². The normalized spacial score (nSPS) is 10.4. The summed E-state index contributed by atoms with van der Waals surface area (Å²) in [4.78, 5) is 36.2.